The maximum Gasteiger partial charge on any atom is 0.468 e. The molecule has 9 heteroatoms. The summed E-state index contributed by atoms with van der Waals surface area (Å²) in [5, 5.41) is 15.5. The van der Waals surface area contributed by atoms with Crippen LogP contribution in [0, 0.1) is 5.41 Å². The van der Waals surface area contributed by atoms with Gasteiger partial charge in [0.1, 0.15) is 12.7 Å². The molecule has 1 aliphatic heterocycles. The topological polar surface area (TPSA) is 69.4 Å². The highest BCUT2D eigenvalue weighted by molar-refractivity contribution is 5.44. The number of benzene rings is 1. The molecule has 152 valence electrons. The summed E-state index contributed by atoms with van der Waals surface area (Å²) in [7, 11) is 0. The fourth-order valence-corrected chi connectivity index (χ4v) is 4.17. The first kappa shape index (κ1) is 19.0. The van der Waals surface area contributed by atoms with E-state index in [0.717, 1.165) is 24.8 Å². The zero-order chi connectivity index (χ0) is 20.2. The fraction of sp³-hybridized carbons (Fsp3) is 0.579. The summed E-state index contributed by atoms with van der Waals surface area (Å²) in [5.74, 6) is -0.282. The molecule has 2 aromatic rings. The van der Waals surface area contributed by atoms with Crippen molar-refractivity contribution in [3.05, 3.63) is 36.4 Å². The van der Waals surface area contributed by atoms with Gasteiger partial charge in [-0.1, -0.05) is 19.9 Å². The molecule has 2 unspecified atom stereocenters. The Kier molecular flexibility index (Phi) is 4.33. The van der Waals surface area contributed by atoms with Crippen LogP contribution >= 0.6 is 0 Å². The Hall–Kier alpha value is -2.29. The third-order valence-corrected chi connectivity index (χ3v) is 5.75. The first-order chi connectivity index (χ1) is 13.1. The predicted molar refractivity (Wildman–Crippen MR) is 92.9 cm³/mol. The van der Waals surface area contributed by atoms with E-state index in [2.05, 4.69) is 14.8 Å². The summed E-state index contributed by atoms with van der Waals surface area (Å²) in [5.41, 5.74) is -0.369. The number of alkyl halides is 3. The van der Waals surface area contributed by atoms with Crippen LogP contribution < -0.4 is 9.47 Å². The smallest absolute Gasteiger partial charge is 0.447 e. The molecular formula is C19H22F3N3O3. The summed E-state index contributed by atoms with van der Waals surface area (Å²) in [6.07, 6.45) is -1.54. The zero-order valence-electron chi connectivity index (χ0n) is 15.6. The molecule has 0 saturated heterocycles. The van der Waals surface area contributed by atoms with Crippen LogP contribution in [0.4, 0.5) is 13.2 Å². The number of hydrogen-bond acceptors (Lipinski definition) is 5. The molecule has 4 rings (SSSR count). The zero-order valence-corrected chi connectivity index (χ0v) is 15.6. The first-order valence-electron chi connectivity index (χ1n) is 9.18. The summed E-state index contributed by atoms with van der Waals surface area (Å²) in [4.78, 5) is 4.00. The van der Waals surface area contributed by atoms with Crippen molar-refractivity contribution in [2.45, 2.75) is 63.6 Å². The number of aliphatic hydroxyl groups excluding tert-OH is 1. The molecule has 2 aliphatic rings. The molecule has 1 aromatic carbocycles. The third-order valence-electron chi connectivity index (χ3n) is 5.75. The predicted octanol–water partition coefficient (Wildman–Crippen LogP) is 3.45. The second-order valence-electron chi connectivity index (χ2n) is 8.24. The quantitative estimate of drug-likeness (QED) is 0.837. The van der Waals surface area contributed by atoms with E-state index in [0.29, 0.717) is 6.42 Å². The van der Waals surface area contributed by atoms with E-state index in [1.54, 1.807) is 17.1 Å². The van der Waals surface area contributed by atoms with E-state index in [1.165, 1.54) is 18.5 Å². The largest absolute Gasteiger partial charge is 0.468 e. The summed E-state index contributed by atoms with van der Waals surface area (Å²) >= 11 is 0. The minimum atomic E-state index is -4.02. The lowest BCUT2D eigenvalue weighted by molar-refractivity contribution is -0.281. The molecule has 1 aliphatic carbocycles. The van der Waals surface area contributed by atoms with Gasteiger partial charge in [-0.2, -0.15) is 18.3 Å². The highest BCUT2D eigenvalue weighted by atomic mass is 19.3. The Morgan fingerprint density at radius 3 is 2.68 bits per heavy atom. The lowest BCUT2D eigenvalue weighted by atomic mass is 9.63. The van der Waals surface area contributed by atoms with Crippen LogP contribution in [0.15, 0.2) is 30.9 Å². The van der Waals surface area contributed by atoms with Crippen molar-refractivity contribution in [3.63, 3.8) is 0 Å². The Bertz CT molecular complexity index is 853. The summed E-state index contributed by atoms with van der Waals surface area (Å²) < 4.78 is 50.9. The minimum Gasteiger partial charge on any atom is -0.447 e. The number of ether oxygens (including phenoxy) is 2. The Balaban J connectivity index is 1.56. The molecule has 0 radical (unpaired) electrons. The normalized spacial score (nSPS) is 23.7. The van der Waals surface area contributed by atoms with E-state index in [-0.39, 0.29) is 11.5 Å². The van der Waals surface area contributed by atoms with Gasteiger partial charge in [0, 0.05) is 0 Å². The van der Waals surface area contributed by atoms with Gasteiger partial charge in [0.15, 0.2) is 11.5 Å². The molecule has 1 aromatic heterocycles. The van der Waals surface area contributed by atoms with Gasteiger partial charge in [0.2, 0.25) is 0 Å². The number of nitrogens with zero attached hydrogens (tertiary/aromatic N) is 3. The highest BCUT2D eigenvalue weighted by Crippen LogP contribution is 2.48. The van der Waals surface area contributed by atoms with Crippen LogP contribution in [0.3, 0.4) is 0 Å². The van der Waals surface area contributed by atoms with E-state index < -0.39 is 29.5 Å². The molecule has 0 amide bonds. The summed E-state index contributed by atoms with van der Waals surface area (Å²) in [6.45, 7) is 3.86. The number of aliphatic hydroxyl groups is 1. The number of hydrogen-bond donors (Lipinski definition) is 1. The van der Waals surface area contributed by atoms with Gasteiger partial charge in [0.25, 0.3) is 0 Å². The molecule has 1 N–H and O–H groups in total. The van der Waals surface area contributed by atoms with Gasteiger partial charge < -0.3 is 14.6 Å². The third kappa shape index (κ3) is 3.01. The van der Waals surface area contributed by atoms with Gasteiger partial charge in [0.05, 0.1) is 11.6 Å². The molecule has 0 bridgehead atoms. The van der Waals surface area contributed by atoms with E-state index >= 15 is 0 Å². The summed E-state index contributed by atoms with van der Waals surface area (Å²) in [6, 6.07) is 4.44. The fourth-order valence-electron chi connectivity index (χ4n) is 4.17. The van der Waals surface area contributed by atoms with Crippen molar-refractivity contribution in [2.75, 3.05) is 0 Å². The minimum absolute atomic E-state index is 0.0733. The highest BCUT2D eigenvalue weighted by Gasteiger charge is 2.52. The molecular weight excluding hydrogens is 375 g/mol. The average molecular weight is 397 g/mol. The maximum atomic E-state index is 13.5. The Labute approximate surface area is 160 Å². The molecule has 1 saturated carbocycles. The second-order valence-corrected chi connectivity index (χ2v) is 8.24. The standard InChI is InChI=1S/C19H22F3N3O3/c1-17(2,15(26)18(6-3-7-18)25-11-23-10-24-25)9-12-4-5-13-14(8-12)27-16(20)19(21,22)28-13/h4-5,8,10-11,15-16,26H,3,6-7,9H2,1-2H3. The van der Waals surface area contributed by atoms with Crippen molar-refractivity contribution >= 4 is 0 Å². The van der Waals surface area contributed by atoms with Gasteiger partial charge in [-0.25, -0.2) is 9.67 Å². The molecule has 6 nitrogen and oxygen atoms in total. The molecule has 2 heterocycles. The van der Waals surface area contributed by atoms with Crippen LogP contribution in [-0.4, -0.2) is 38.4 Å². The van der Waals surface area contributed by atoms with Crippen LogP contribution in [0.1, 0.15) is 38.7 Å². The van der Waals surface area contributed by atoms with Crippen LogP contribution in [-0.2, 0) is 12.0 Å². The molecule has 1 fully saturated rings. The second kappa shape index (κ2) is 6.37. The Morgan fingerprint density at radius 1 is 1.32 bits per heavy atom. The number of rotatable bonds is 5. The van der Waals surface area contributed by atoms with Crippen molar-refractivity contribution in [2.24, 2.45) is 5.41 Å². The number of halogens is 3. The van der Waals surface area contributed by atoms with Crippen LogP contribution in [0.25, 0.3) is 0 Å². The van der Waals surface area contributed by atoms with Crippen molar-refractivity contribution < 1.29 is 27.8 Å². The van der Waals surface area contributed by atoms with Crippen molar-refractivity contribution in [3.8, 4) is 11.5 Å². The van der Waals surface area contributed by atoms with Gasteiger partial charge in [-0.15, -0.1) is 0 Å². The lowest BCUT2D eigenvalue weighted by Crippen LogP contribution is -2.56. The lowest BCUT2D eigenvalue weighted by Gasteiger charge is -2.50. The van der Waals surface area contributed by atoms with Gasteiger partial charge in [-0.3, -0.25) is 0 Å². The van der Waals surface area contributed by atoms with E-state index in [4.69, 9.17) is 4.74 Å². The van der Waals surface area contributed by atoms with Gasteiger partial charge in [-0.05, 0) is 48.8 Å². The van der Waals surface area contributed by atoms with E-state index in [1.807, 2.05) is 13.8 Å². The SMILES string of the molecule is CC(C)(Cc1ccc2c(c1)OC(F)C(F)(F)O2)C(O)C1(n2cncn2)CCC1. The molecule has 0 spiro atoms. The van der Waals surface area contributed by atoms with Crippen LogP contribution in [0.5, 0.6) is 11.5 Å². The number of aromatic nitrogens is 3. The Morgan fingerprint density at radius 2 is 2.07 bits per heavy atom. The van der Waals surface area contributed by atoms with Crippen LogP contribution in [0.2, 0.25) is 0 Å². The molecule has 28 heavy (non-hydrogen) atoms. The van der Waals surface area contributed by atoms with Gasteiger partial charge >= 0.3 is 12.5 Å². The van der Waals surface area contributed by atoms with E-state index in [9.17, 15) is 18.3 Å². The first-order valence-corrected chi connectivity index (χ1v) is 9.18. The average Bonchev–Trinajstić information content (AvgIpc) is 3.09. The molecule has 2 atom stereocenters. The number of fused-ring (bicyclic) bond motifs is 1. The van der Waals surface area contributed by atoms with Crippen molar-refractivity contribution in [1.29, 1.82) is 0 Å². The maximum absolute atomic E-state index is 13.5. The van der Waals surface area contributed by atoms with Crippen molar-refractivity contribution in [1.82, 2.24) is 14.8 Å². The monoisotopic (exact) mass is 397 g/mol.